The number of aryl methyl sites for hydroxylation is 2. The molecule has 0 spiro atoms. The summed E-state index contributed by atoms with van der Waals surface area (Å²) >= 11 is 0. The monoisotopic (exact) mass is 298 g/mol. The molecule has 21 heavy (non-hydrogen) atoms. The number of rotatable bonds is 10. The molecule has 1 rings (SSSR count). The Morgan fingerprint density at radius 1 is 1.38 bits per heavy atom. The van der Waals surface area contributed by atoms with Gasteiger partial charge in [0.05, 0.1) is 4.92 Å². The van der Waals surface area contributed by atoms with Crippen LogP contribution in [0.2, 0.25) is 0 Å². The number of hydrogen-bond donors (Lipinski definition) is 2. The van der Waals surface area contributed by atoms with E-state index in [4.69, 9.17) is 5.11 Å². The van der Waals surface area contributed by atoms with Gasteiger partial charge in [-0.3, -0.25) is 14.9 Å². The number of anilines is 1. The third-order valence-corrected chi connectivity index (χ3v) is 3.19. The third-order valence-electron chi connectivity index (χ3n) is 3.19. The average Bonchev–Trinajstić information content (AvgIpc) is 2.73. The van der Waals surface area contributed by atoms with Gasteiger partial charge in [0.1, 0.15) is 5.69 Å². The van der Waals surface area contributed by atoms with Crippen LogP contribution in [0.25, 0.3) is 0 Å². The molecule has 1 aromatic rings. The van der Waals surface area contributed by atoms with E-state index in [1.165, 1.54) is 0 Å². The second-order valence-electron chi connectivity index (χ2n) is 4.84. The molecule has 1 aromatic heterocycles. The predicted molar refractivity (Wildman–Crippen MR) is 78.5 cm³/mol. The molecule has 118 valence electrons. The molecule has 0 aliphatic heterocycles. The zero-order valence-electron chi connectivity index (χ0n) is 12.5. The Morgan fingerprint density at radius 3 is 2.62 bits per heavy atom. The van der Waals surface area contributed by atoms with Crippen molar-refractivity contribution in [3.8, 4) is 0 Å². The van der Waals surface area contributed by atoms with Gasteiger partial charge in [0.2, 0.25) is 5.82 Å². The van der Waals surface area contributed by atoms with Crippen molar-refractivity contribution in [1.82, 2.24) is 9.78 Å². The van der Waals surface area contributed by atoms with Crippen LogP contribution in [-0.2, 0) is 11.3 Å². The van der Waals surface area contributed by atoms with Crippen LogP contribution in [0.4, 0.5) is 11.5 Å². The van der Waals surface area contributed by atoms with Crippen molar-refractivity contribution in [2.24, 2.45) is 0 Å². The lowest BCUT2D eigenvalue weighted by molar-refractivity contribution is -0.384. The fourth-order valence-corrected chi connectivity index (χ4v) is 2.16. The van der Waals surface area contributed by atoms with Gasteiger partial charge in [0.15, 0.2) is 0 Å². The number of carboxylic acids is 1. The largest absolute Gasteiger partial charge is 0.481 e. The van der Waals surface area contributed by atoms with Crippen molar-refractivity contribution >= 4 is 17.5 Å². The van der Waals surface area contributed by atoms with E-state index in [1.807, 2.05) is 6.92 Å². The minimum absolute atomic E-state index is 0.0303. The van der Waals surface area contributed by atoms with E-state index in [0.29, 0.717) is 31.0 Å². The fourth-order valence-electron chi connectivity index (χ4n) is 2.16. The highest BCUT2D eigenvalue weighted by atomic mass is 16.6. The van der Waals surface area contributed by atoms with Crippen LogP contribution in [0.1, 0.15) is 44.7 Å². The molecule has 0 radical (unpaired) electrons. The van der Waals surface area contributed by atoms with Crippen LogP contribution in [0.15, 0.2) is 0 Å². The molecule has 0 aliphatic rings. The first-order valence-electron chi connectivity index (χ1n) is 7.14. The zero-order chi connectivity index (χ0) is 15.8. The number of unbranched alkanes of at least 4 members (excludes halogenated alkanes) is 3. The second-order valence-corrected chi connectivity index (χ2v) is 4.84. The Kier molecular flexibility index (Phi) is 6.64. The molecule has 0 fully saturated rings. The number of aliphatic carboxylic acids is 1. The quantitative estimate of drug-likeness (QED) is 0.390. The van der Waals surface area contributed by atoms with E-state index in [0.717, 1.165) is 19.3 Å². The Labute approximate surface area is 123 Å². The lowest BCUT2D eigenvalue weighted by Gasteiger charge is -2.07. The van der Waals surface area contributed by atoms with E-state index < -0.39 is 10.9 Å². The highest BCUT2D eigenvalue weighted by Gasteiger charge is 2.24. The molecule has 0 bridgehead atoms. The van der Waals surface area contributed by atoms with Crippen molar-refractivity contribution in [3.05, 3.63) is 15.8 Å². The summed E-state index contributed by atoms with van der Waals surface area (Å²) in [4.78, 5) is 21.0. The number of nitrogens with one attached hydrogen (secondary N) is 1. The van der Waals surface area contributed by atoms with Crippen LogP contribution in [0.3, 0.4) is 0 Å². The van der Waals surface area contributed by atoms with Gasteiger partial charge >= 0.3 is 11.7 Å². The molecule has 0 atom stereocenters. The topological polar surface area (TPSA) is 110 Å². The van der Waals surface area contributed by atoms with E-state index >= 15 is 0 Å². The van der Waals surface area contributed by atoms with Gasteiger partial charge in [-0.2, -0.15) is 5.10 Å². The van der Waals surface area contributed by atoms with Crippen molar-refractivity contribution in [2.75, 3.05) is 11.9 Å². The summed E-state index contributed by atoms with van der Waals surface area (Å²) in [6.45, 7) is 4.68. The number of aromatic nitrogens is 2. The van der Waals surface area contributed by atoms with Crippen molar-refractivity contribution in [3.63, 3.8) is 0 Å². The number of carboxylic acid groups (broad SMARTS) is 1. The van der Waals surface area contributed by atoms with Crippen molar-refractivity contribution in [1.29, 1.82) is 0 Å². The van der Waals surface area contributed by atoms with Gasteiger partial charge in [-0.15, -0.1) is 0 Å². The van der Waals surface area contributed by atoms with Gasteiger partial charge < -0.3 is 10.4 Å². The van der Waals surface area contributed by atoms with Gasteiger partial charge in [0, 0.05) is 19.5 Å². The minimum Gasteiger partial charge on any atom is -0.481 e. The Balaban J connectivity index is 2.44. The number of carbonyl (C=O) groups is 1. The number of nitrogens with zero attached hydrogens (tertiary/aromatic N) is 3. The molecule has 0 saturated heterocycles. The molecule has 0 saturated carbocycles. The Hall–Kier alpha value is -2.12. The lowest BCUT2D eigenvalue weighted by atomic mass is 10.1. The summed E-state index contributed by atoms with van der Waals surface area (Å²) in [6, 6.07) is 0. The van der Waals surface area contributed by atoms with Crippen molar-refractivity contribution in [2.45, 2.75) is 52.5 Å². The van der Waals surface area contributed by atoms with E-state index in [9.17, 15) is 14.9 Å². The summed E-state index contributed by atoms with van der Waals surface area (Å²) in [5, 5.41) is 26.8. The standard InChI is InChI=1S/C13H22N4O4/c1-3-16-13(12(17(20)21)10(2)15-16)14-9-7-5-4-6-8-11(18)19/h14H,3-9H2,1-2H3,(H,18,19). The van der Waals surface area contributed by atoms with Gasteiger partial charge in [-0.05, 0) is 26.7 Å². The summed E-state index contributed by atoms with van der Waals surface area (Å²) < 4.78 is 1.60. The SMILES string of the molecule is CCn1nc(C)c([N+](=O)[O-])c1NCCCCCCC(=O)O. The highest BCUT2D eigenvalue weighted by molar-refractivity contribution is 5.66. The number of hydrogen-bond acceptors (Lipinski definition) is 5. The van der Waals surface area contributed by atoms with Crippen LogP contribution in [0.5, 0.6) is 0 Å². The zero-order valence-corrected chi connectivity index (χ0v) is 12.5. The fraction of sp³-hybridized carbons (Fsp3) is 0.692. The smallest absolute Gasteiger partial charge is 0.333 e. The first-order valence-corrected chi connectivity index (χ1v) is 7.14. The summed E-state index contributed by atoms with van der Waals surface area (Å²) in [7, 11) is 0. The molecule has 0 amide bonds. The van der Waals surface area contributed by atoms with E-state index in [2.05, 4.69) is 10.4 Å². The molecule has 2 N–H and O–H groups in total. The molecule has 0 unspecified atom stereocenters. The van der Waals surface area contributed by atoms with Gasteiger partial charge in [0.25, 0.3) is 0 Å². The molecular weight excluding hydrogens is 276 g/mol. The van der Waals surface area contributed by atoms with Crippen LogP contribution in [0, 0.1) is 17.0 Å². The summed E-state index contributed by atoms with van der Waals surface area (Å²) in [6.07, 6.45) is 3.45. The molecular formula is C13H22N4O4. The maximum atomic E-state index is 11.1. The van der Waals surface area contributed by atoms with Gasteiger partial charge in [-0.25, -0.2) is 4.68 Å². The molecule has 0 aliphatic carbocycles. The maximum Gasteiger partial charge on any atom is 0.333 e. The summed E-state index contributed by atoms with van der Waals surface area (Å²) in [5.74, 6) is -0.323. The second kappa shape index (κ2) is 8.23. The van der Waals surface area contributed by atoms with Crippen molar-refractivity contribution < 1.29 is 14.8 Å². The van der Waals surface area contributed by atoms with Crippen LogP contribution < -0.4 is 5.32 Å². The van der Waals surface area contributed by atoms with E-state index in [1.54, 1.807) is 11.6 Å². The minimum atomic E-state index is -0.772. The van der Waals surface area contributed by atoms with E-state index in [-0.39, 0.29) is 12.1 Å². The van der Waals surface area contributed by atoms with Crippen LogP contribution in [-0.4, -0.2) is 32.3 Å². The normalized spacial score (nSPS) is 10.6. The first-order chi connectivity index (χ1) is 9.97. The molecule has 0 aromatic carbocycles. The Bertz CT molecular complexity index is 499. The average molecular weight is 298 g/mol. The first kappa shape index (κ1) is 16.9. The predicted octanol–water partition coefficient (Wildman–Crippen LogP) is 2.57. The van der Waals surface area contributed by atoms with Crippen LogP contribution >= 0.6 is 0 Å². The maximum absolute atomic E-state index is 11.1. The lowest BCUT2D eigenvalue weighted by Crippen LogP contribution is -2.09. The third kappa shape index (κ3) is 5.05. The number of nitro groups is 1. The molecule has 1 heterocycles. The Morgan fingerprint density at radius 2 is 2.05 bits per heavy atom. The molecule has 8 nitrogen and oxygen atoms in total. The summed E-state index contributed by atoms with van der Waals surface area (Å²) in [5.41, 5.74) is 0.438. The molecule has 8 heteroatoms. The highest BCUT2D eigenvalue weighted by Crippen LogP contribution is 2.28. The van der Waals surface area contributed by atoms with Gasteiger partial charge in [-0.1, -0.05) is 12.8 Å².